The molecule has 0 heterocycles. The van der Waals surface area contributed by atoms with E-state index in [4.69, 9.17) is 5.73 Å². The molecule has 0 aliphatic rings. The fraction of sp³-hybridized carbons (Fsp3) is 0.909. The molecule has 0 aromatic carbocycles. The first-order valence-electron chi connectivity index (χ1n) is 5.95. The van der Waals surface area contributed by atoms with Crippen LogP contribution in [0.2, 0.25) is 0 Å². The summed E-state index contributed by atoms with van der Waals surface area (Å²) in [7, 11) is 0. The summed E-state index contributed by atoms with van der Waals surface area (Å²) in [4.78, 5) is 11.7. The third-order valence-electron chi connectivity index (χ3n) is 2.54. The maximum Gasteiger partial charge on any atom is 0.166 e. The molecule has 2 atom stereocenters. The number of carbonyl (C=O) groups excluding carboxylic acids is 1. The highest BCUT2D eigenvalue weighted by atomic mass is 16.1. The molecule has 0 aliphatic heterocycles. The Labute approximate surface area is 92.8 Å². The highest BCUT2D eigenvalue weighted by Gasteiger charge is 2.19. The molecule has 90 valence electrons. The molecule has 0 bridgehead atoms. The molecule has 0 saturated carbocycles. The van der Waals surface area contributed by atoms with Crippen LogP contribution in [-0.4, -0.2) is 31.0 Å². The molecule has 1 unspecified atom stereocenters. The molecule has 0 aromatic heterocycles. The van der Waals surface area contributed by atoms with E-state index >= 15 is 0 Å². The predicted octanol–water partition coefficient (Wildman–Crippen LogP) is -0.317. The second kappa shape index (κ2) is 8.83. The van der Waals surface area contributed by atoms with Gasteiger partial charge in [0.15, 0.2) is 5.78 Å². The summed E-state index contributed by atoms with van der Waals surface area (Å²) in [5.41, 5.74) is 9.53. The van der Waals surface area contributed by atoms with Gasteiger partial charge >= 0.3 is 0 Å². The van der Waals surface area contributed by atoms with Gasteiger partial charge in [-0.3, -0.25) is 4.79 Å². The fourth-order valence-electron chi connectivity index (χ4n) is 1.42. The Bertz CT molecular complexity index is 173. The molecule has 0 radical (unpaired) electrons. The van der Waals surface area contributed by atoms with E-state index in [0.29, 0.717) is 0 Å². The minimum absolute atomic E-state index is 0.114. The monoisotopic (exact) mass is 216 g/mol. The van der Waals surface area contributed by atoms with Gasteiger partial charge in [0, 0.05) is 0 Å². The van der Waals surface area contributed by atoms with Crippen LogP contribution in [0.25, 0.3) is 0 Å². The Morgan fingerprint density at radius 3 is 2.67 bits per heavy atom. The average molecular weight is 216 g/mol. The second-order valence-corrected chi connectivity index (χ2v) is 4.03. The molecule has 15 heavy (non-hydrogen) atoms. The van der Waals surface area contributed by atoms with Crippen LogP contribution in [0.5, 0.6) is 0 Å². The average Bonchev–Trinajstić information content (AvgIpc) is 2.24. The van der Waals surface area contributed by atoms with Crippen LogP contribution in [0.15, 0.2) is 0 Å². The normalized spacial score (nSPS) is 14.9. The van der Waals surface area contributed by atoms with Crippen molar-refractivity contribution in [3.05, 3.63) is 0 Å². The number of nitrogens with two attached hydrogens (primary N) is 1. The van der Waals surface area contributed by atoms with Crippen molar-refractivity contribution in [3.63, 3.8) is 0 Å². The molecule has 4 heteroatoms. The number of carbonyl (C=O) groups is 1. The van der Waals surface area contributed by atoms with Gasteiger partial charge in [0.25, 0.3) is 0 Å². The summed E-state index contributed by atoms with van der Waals surface area (Å²) >= 11 is 0. The van der Waals surface area contributed by atoms with E-state index in [1.807, 2.05) is 6.92 Å². The van der Waals surface area contributed by atoms with Crippen LogP contribution >= 0.6 is 0 Å². The minimum atomic E-state index is -0.323. The molecule has 4 nitrogen and oxygen atoms in total. The van der Waals surface area contributed by atoms with Crippen molar-refractivity contribution in [2.75, 3.05) is 13.1 Å². The van der Waals surface area contributed by atoms with Crippen LogP contribution in [-0.2, 0) is 4.79 Å². The highest BCUT2D eigenvalue weighted by Crippen LogP contribution is 1.98. The van der Waals surface area contributed by atoms with Gasteiger partial charge in [-0.25, -0.2) is 0 Å². The molecular formula is C11H26N3O+. The van der Waals surface area contributed by atoms with Gasteiger partial charge in [0.1, 0.15) is 0 Å². The first kappa shape index (κ1) is 14.6. The van der Waals surface area contributed by atoms with Crippen LogP contribution in [0.3, 0.4) is 0 Å². The predicted molar refractivity (Wildman–Crippen MR) is 62.3 cm³/mol. The van der Waals surface area contributed by atoms with Crippen molar-refractivity contribution < 1.29 is 10.5 Å². The van der Waals surface area contributed by atoms with E-state index in [0.717, 1.165) is 38.8 Å². The standard InChI is InChI=1S/C11H25N3O/c1-3-4-8-14-9(2)11(15)10(13)6-5-7-12/h9-10,14H,3-8,12-13H2,1-2H3/p+1/t9?,10-/m0/s1. The van der Waals surface area contributed by atoms with Gasteiger partial charge in [0.05, 0.1) is 18.6 Å². The van der Waals surface area contributed by atoms with E-state index in [1.165, 1.54) is 0 Å². The molecule has 0 rings (SSSR count). The lowest BCUT2D eigenvalue weighted by atomic mass is 10.0. The van der Waals surface area contributed by atoms with Crippen LogP contribution in [0.4, 0.5) is 0 Å². The zero-order chi connectivity index (χ0) is 11.7. The van der Waals surface area contributed by atoms with Crippen molar-refractivity contribution in [3.8, 4) is 0 Å². The molecule has 0 spiro atoms. The molecule has 0 amide bonds. The fourth-order valence-corrected chi connectivity index (χ4v) is 1.42. The summed E-state index contributed by atoms with van der Waals surface area (Å²) in [6.07, 6.45) is 3.92. The Morgan fingerprint density at radius 1 is 1.47 bits per heavy atom. The third-order valence-corrected chi connectivity index (χ3v) is 2.54. The molecule has 6 N–H and O–H groups in total. The van der Waals surface area contributed by atoms with Crippen LogP contribution < -0.4 is 16.8 Å². The largest absolute Gasteiger partial charge is 0.358 e. The summed E-state index contributed by atoms with van der Waals surface area (Å²) in [5, 5.41) is 3.20. The van der Waals surface area contributed by atoms with Crippen LogP contribution in [0.1, 0.15) is 39.5 Å². The van der Waals surface area contributed by atoms with Crippen molar-refractivity contribution in [2.24, 2.45) is 5.73 Å². The molecular weight excluding hydrogens is 190 g/mol. The van der Waals surface area contributed by atoms with Crippen molar-refractivity contribution >= 4 is 5.78 Å². The van der Waals surface area contributed by atoms with Gasteiger partial charge in [-0.05, 0) is 32.7 Å². The lowest BCUT2D eigenvalue weighted by Gasteiger charge is -2.16. The number of Topliss-reactive ketones (excluding diaryl/α,β-unsaturated/α-hetero) is 1. The summed E-state index contributed by atoms with van der Waals surface area (Å²) < 4.78 is 0. The van der Waals surface area contributed by atoms with Crippen LogP contribution in [0, 0.1) is 0 Å². The summed E-state index contributed by atoms with van der Waals surface area (Å²) in [6, 6.07) is -0.438. The van der Waals surface area contributed by atoms with E-state index in [1.54, 1.807) is 0 Å². The number of ketones is 1. The van der Waals surface area contributed by atoms with Gasteiger partial charge in [-0.15, -0.1) is 0 Å². The smallest absolute Gasteiger partial charge is 0.166 e. The van der Waals surface area contributed by atoms with Gasteiger partial charge < -0.3 is 16.8 Å². The molecule has 0 fully saturated rings. The minimum Gasteiger partial charge on any atom is -0.358 e. The number of unbranched alkanes of at least 4 members (excludes halogenated alkanes) is 1. The van der Waals surface area contributed by atoms with Gasteiger partial charge in [-0.2, -0.15) is 0 Å². The Hall–Kier alpha value is -0.450. The third kappa shape index (κ3) is 6.60. The number of nitrogens with one attached hydrogen (secondary N) is 1. The van der Waals surface area contributed by atoms with Gasteiger partial charge in [0.2, 0.25) is 0 Å². The van der Waals surface area contributed by atoms with Gasteiger partial charge in [-0.1, -0.05) is 13.3 Å². The zero-order valence-corrected chi connectivity index (χ0v) is 10.1. The van der Waals surface area contributed by atoms with E-state index in [-0.39, 0.29) is 17.9 Å². The van der Waals surface area contributed by atoms with E-state index < -0.39 is 0 Å². The number of rotatable bonds is 9. The van der Waals surface area contributed by atoms with Crippen molar-refractivity contribution in [2.45, 2.75) is 51.6 Å². The number of quaternary nitrogens is 1. The second-order valence-electron chi connectivity index (χ2n) is 4.03. The Morgan fingerprint density at radius 2 is 2.13 bits per heavy atom. The SMILES string of the molecule is CCCCNC(C)C(=O)[C@@H](N)CCC[NH3+]. The van der Waals surface area contributed by atoms with E-state index in [2.05, 4.69) is 18.0 Å². The lowest BCUT2D eigenvalue weighted by Crippen LogP contribution is -2.51. The Kier molecular flexibility index (Phi) is 8.56. The topological polar surface area (TPSA) is 82.8 Å². The van der Waals surface area contributed by atoms with Crippen molar-refractivity contribution in [1.29, 1.82) is 0 Å². The molecule has 0 aliphatic carbocycles. The number of hydrogen-bond donors (Lipinski definition) is 3. The maximum absolute atomic E-state index is 11.7. The maximum atomic E-state index is 11.7. The first-order chi connectivity index (χ1) is 7.13. The number of hydrogen-bond acceptors (Lipinski definition) is 3. The zero-order valence-electron chi connectivity index (χ0n) is 10.1. The summed E-state index contributed by atoms with van der Waals surface area (Å²) in [5.74, 6) is 0.125. The first-order valence-corrected chi connectivity index (χ1v) is 5.95. The highest BCUT2D eigenvalue weighted by molar-refractivity contribution is 5.88. The molecule has 0 aromatic rings. The lowest BCUT2D eigenvalue weighted by molar-refractivity contribution is -0.368. The quantitative estimate of drug-likeness (QED) is 0.462. The summed E-state index contributed by atoms with van der Waals surface area (Å²) in [6.45, 7) is 5.76. The van der Waals surface area contributed by atoms with E-state index in [9.17, 15) is 4.79 Å². The van der Waals surface area contributed by atoms with Crippen molar-refractivity contribution in [1.82, 2.24) is 5.32 Å². The Balaban J connectivity index is 3.75. The molecule has 0 saturated heterocycles.